The van der Waals surface area contributed by atoms with Crippen LogP contribution < -0.4 is 4.74 Å². The van der Waals surface area contributed by atoms with Gasteiger partial charge in [0.2, 0.25) is 0 Å². The molecule has 162 valence electrons. The molecule has 0 radical (unpaired) electrons. The fourth-order valence-corrected chi connectivity index (χ4v) is 3.04. The molecule has 0 aliphatic rings. The van der Waals surface area contributed by atoms with Gasteiger partial charge in [-0.05, 0) is 31.2 Å². The molecular weight excluding hydrogens is 415 g/mol. The van der Waals surface area contributed by atoms with Crippen molar-refractivity contribution in [3.8, 4) is 23.1 Å². The number of imidazole rings is 1. The van der Waals surface area contributed by atoms with E-state index in [1.807, 2.05) is 6.07 Å². The van der Waals surface area contributed by atoms with Gasteiger partial charge in [0.05, 0.1) is 29.6 Å². The van der Waals surface area contributed by atoms with Gasteiger partial charge in [-0.1, -0.05) is 0 Å². The number of pyridine rings is 1. The SMILES string of the molecule is CCN(CCOc1ccc(-c2cc3c(ncn3C)c(C#N)n2)cc1C(F)(F)F)C(=O)O. The van der Waals surface area contributed by atoms with E-state index in [-0.39, 0.29) is 36.6 Å². The highest BCUT2D eigenvalue weighted by atomic mass is 19.4. The van der Waals surface area contributed by atoms with Gasteiger partial charge in [0, 0.05) is 19.2 Å². The summed E-state index contributed by atoms with van der Waals surface area (Å²) in [6.07, 6.45) is -4.40. The van der Waals surface area contributed by atoms with Gasteiger partial charge in [-0.3, -0.25) is 0 Å². The van der Waals surface area contributed by atoms with Crippen molar-refractivity contribution in [3.05, 3.63) is 41.9 Å². The first kappa shape index (κ1) is 21.9. The van der Waals surface area contributed by atoms with Crippen LogP contribution in [0, 0.1) is 11.3 Å². The van der Waals surface area contributed by atoms with Crippen LogP contribution in [0.1, 0.15) is 18.2 Å². The number of hydrogen-bond acceptors (Lipinski definition) is 5. The predicted octanol–water partition coefficient (Wildman–Crippen LogP) is 3.90. The van der Waals surface area contributed by atoms with Crippen molar-refractivity contribution >= 4 is 17.1 Å². The fourth-order valence-electron chi connectivity index (χ4n) is 3.04. The summed E-state index contributed by atoms with van der Waals surface area (Å²) in [6, 6.07) is 6.95. The van der Waals surface area contributed by atoms with E-state index >= 15 is 0 Å². The van der Waals surface area contributed by atoms with Gasteiger partial charge < -0.3 is 19.3 Å². The zero-order valence-corrected chi connectivity index (χ0v) is 16.6. The number of fused-ring (bicyclic) bond motifs is 1. The molecule has 0 saturated carbocycles. The van der Waals surface area contributed by atoms with Crippen LogP contribution in [0.3, 0.4) is 0 Å². The fraction of sp³-hybridized carbons (Fsp3) is 0.300. The number of carbonyl (C=O) groups is 1. The highest BCUT2D eigenvalue weighted by molar-refractivity contribution is 5.84. The Morgan fingerprint density at radius 3 is 2.71 bits per heavy atom. The van der Waals surface area contributed by atoms with Crippen molar-refractivity contribution in [2.45, 2.75) is 13.1 Å². The smallest absolute Gasteiger partial charge is 0.419 e. The number of amides is 1. The van der Waals surface area contributed by atoms with Crippen molar-refractivity contribution in [3.63, 3.8) is 0 Å². The van der Waals surface area contributed by atoms with E-state index in [9.17, 15) is 23.2 Å². The molecule has 0 saturated heterocycles. The number of likely N-dealkylation sites (N-methyl/N-ethyl adjacent to an activating group) is 1. The van der Waals surface area contributed by atoms with E-state index in [1.165, 1.54) is 12.4 Å². The van der Waals surface area contributed by atoms with Gasteiger partial charge in [-0.15, -0.1) is 0 Å². The van der Waals surface area contributed by atoms with Gasteiger partial charge >= 0.3 is 12.3 Å². The normalized spacial score (nSPS) is 11.4. The first-order valence-corrected chi connectivity index (χ1v) is 9.20. The average molecular weight is 433 g/mol. The minimum atomic E-state index is -4.71. The molecule has 31 heavy (non-hydrogen) atoms. The number of halogens is 3. The maximum Gasteiger partial charge on any atom is 0.419 e. The van der Waals surface area contributed by atoms with E-state index in [1.54, 1.807) is 24.6 Å². The highest BCUT2D eigenvalue weighted by Crippen LogP contribution is 2.39. The zero-order chi connectivity index (χ0) is 22.8. The quantitative estimate of drug-likeness (QED) is 0.632. The highest BCUT2D eigenvalue weighted by Gasteiger charge is 2.35. The Hall–Kier alpha value is -3.81. The molecule has 0 atom stereocenters. The second kappa shape index (κ2) is 8.51. The molecular formula is C20H18F3N5O3. The first-order chi connectivity index (χ1) is 14.7. The maximum absolute atomic E-state index is 13.7. The first-order valence-electron chi connectivity index (χ1n) is 9.20. The standard InChI is InChI=1S/C20H18F3N5O3/c1-3-28(19(29)30)6-7-31-17-5-4-12(8-13(17)20(21,22)23)14-9-16-18(15(10-24)26-14)25-11-27(16)2/h4-5,8-9,11H,3,6-7H2,1-2H3,(H,29,30). The second-order valence-electron chi connectivity index (χ2n) is 6.61. The molecule has 3 aromatic rings. The van der Waals surface area contributed by atoms with Crippen LogP contribution in [0.2, 0.25) is 0 Å². The predicted molar refractivity (Wildman–Crippen MR) is 104 cm³/mol. The number of hydrogen-bond donors (Lipinski definition) is 1. The summed E-state index contributed by atoms with van der Waals surface area (Å²) in [7, 11) is 1.70. The third-order valence-electron chi connectivity index (χ3n) is 4.67. The number of rotatable bonds is 6. The van der Waals surface area contributed by atoms with E-state index in [4.69, 9.17) is 9.84 Å². The minimum Gasteiger partial charge on any atom is -0.491 e. The molecule has 1 N–H and O–H groups in total. The van der Waals surface area contributed by atoms with Crippen LogP contribution in [-0.4, -0.2) is 50.3 Å². The van der Waals surface area contributed by atoms with E-state index < -0.39 is 23.6 Å². The lowest BCUT2D eigenvalue weighted by molar-refractivity contribution is -0.138. The number of aryl methyl sites for hydroxylation is 1. The summed E-state index contributed by atoms with van der Waals surface area (Å²) in [4.78, 5) is 20.3. The van der Waals surface area contributed by atoms with Gasteiger partial charge in [-0.25, -0.2) is 14.8 Å². The van der Waals surface area contributed by atoms with Crippen LogP contribution in [0.15, 0.2) is 30.6 Å². The minimum absolute atomic E-state index is 0.00955. The Balaban J connectivity index is 1.97. The number of benzene rings is 1. The lowest BCUT2D eigenvalue weighted by Gasteiger charge is -2.19. The van der Waals surface area contributed by atoms with Crippen LogP contribution in [0.25, 0.3) is 22.3 Å². The summed E-state index contributed by atoms with van der Waals surface area (Å²) < 4.78 is 47.9. The van der Waals surface area contributed by atoms with Gasteiger partial charge in [-0.2, -0.15) is 18.4 Å². The monoisotopic (exact) mass is 433 g/mol. The molecule has 0 aliphatic carbocycles. The van der Waals surface area contributed by atoms with Gasteiger partial charge in [0.25, 0.3) is 0 Å². The van der Waals surface area contributed by atoms with Gasteiger partial charge in [0.1, 0.15) is 23.9 Å². The van der Waals surface area contributed by atoms with Gasteiger partial charge in [0.15, 0.2) is 5.69 Å². The molecule has 2 heterocycles. The number of carboxylic acid groups (broad SMARTS) is 1. The third-order valence-corrected chi connectivity index (χ3v) is 4.67. The largest absolute Gasteiger partial charge is 0.491 e. The molecule has 2 aromatic heterocycles. The molecule has 1 aromatic carbocycles. The average Bonchev–Trinajstić information content (AvgIpc) is 3.10. The number of ether oxygens (including phenoxy) is 1. The topological polar surface area (TPSA) is 104 Å². The molecule has 0 unspecified atom stereocenters. The number of nitriles is 1. The summed E-state index contributed by atoms with van der Waals surface area (Å²) in [5.41, 5.74) is 0.254. The molecule has 11 heteroatoms. The Kier molecular flexibility index (Phi) is 6.01. The molecule has 0 fully saturated rings. The zero-order valence-electron chi connectivity index (χ0n) is 16.6. The Labute approximate surface area is 175 Å². The van der Waals surface area contributed by atoms with E-state index in [2.05, 4.69) is 9.97 Å². The molecule has 1 amide bonds. The third kappa shape index (κ3) is 4.53. The van der Waals surface area contributed by atoms with E-state index in [0.29, 0.717) is 11.0 Å². The maximum atomic E-state index is 13.7. The summed E-state index contributed by atoms with van der Waals surface area (Å²) in [6.45, 7) is 1.49. The molecule has 0 spiro atoms. The Morgan fingerprint density at radius 1 is 1.35 bits per heavy atom. The second-order valence-corrected chi connectivity index (χ2v) is 6.61. The molecule has 3 rings (SSSR count). The lowest BCUT2D eigenvalue weighted by Crippen LogP contribution is -2.33. The van der Waals surface area contributed by atoms with Crippen LogP contribution in [0.4, 0.5) is 18.0 Å². The number of aromatic nitrogens is 3. The van der Waals surface area contributed by atoms with Crippen molar-refractivity contribution in [1.29, 1.82) is 5.26 Å². The summed E-state index contributed by atoms with van der Waals surface area (Å²) in [5.74, 6) is -0.417. The van der Waals surface area contributed by atoms with Crippen LogP contribution in [-0.2, 0) is 13.2 Å². The van der Waals surface area contributed by atoms with Crippen molar-refractivity contribution in [2.75, 3.05) is 19.7 Å². The van der Waals surface area contributed by atoms with Crippen molar-refractivity contribution < 1.29 is 27.8 Å². The van der Waals surface area contributed by atoms with Crippen LogP contribution in [0.5, 0.6) is 5.75 Å². The van der Waals surface area contributed by atoms with Crippen molar-refractivity contribution in [2.24, 2.45) is 7.05 Å². The van der Waals surface area contributed by atoms with E-state index in [0.717, 1.165) is 17.0 Å². The number of nitrogens with zero attached hydrogens (tertiary/aromatic N) is 5. The summed E-state index contributed by atoms with van der Waals surface area (Å²) >= 11 is 0. The molecule has 8 nitrogen and oxygen atoms in total. The number of alkyl halides is 3. The van der Waals surface area contributed by atoms with Crippen LogP contribution >= 0.6 is 0 Å². The summed E-state index contributed by atoms with van der Waals surface area (Å²) in [5, 5.41) is 18.3. The molecule has 0 bridgehead atoms. The Bertz CT molecular complexity index is 1170. The Morgan fingerprint density at radius 2 is 2.10 bits per heavy atom. The molecule has 0 aliphatic heterocycles. The van der Waals surface area contributed by atoms with Crippen molar-refractivity contribution in [1.82, 2.24) is 19.4 Å². The lowest BCUT2D eigenvalue weighted by atomic mass is 10.1.